The van der Waals surface area contributed by atoms with Gasteiger partial charge in [-0.25, -0.2) is 0 Å². The van der Waals surface area contributed by atoms with Gasteiger partial charge in [-0.2, -0.15) is 0 Å². The van der Waals surface area contributed by atoms with Gasteiger partial charge in [-0.3, -0.25) is 9.59 Å². The highest BCUT2D eigenvalue weighted by molar-refractivity contribution is 6.08. The number of nitrogens with one attached hydrogen (secondary N) is 2. The minimum Gasteiger partial charge on any atom is -0.507 e. The second-order valence-electron chi connectivity index (χ2n) is 24.6. The van der Waals surface area contributed by atoms with Crippen LogP contribution in [0.4, 0.5) is 0 Å². The third-order valence-corrected chi connectivity index (χ3v) is 18.7. The number of rotatable bonds is 18. The van der Waals surface area contributed by atoms with E-state index in [0.29, 0.717) is 71.6 Å². The molecule has 0 saturated heterocycles. The van der Waals surface area contributed by atoms with Crippen LogP contribution in [0.2, 0.25) is 0 Å². The fourth-order valence-corrected chi connectivity index (χ4v) is 14.2. The number of carbonyl (C=O) groups excluding carboxylic acids is 2. The maximum atomic E-state index is 14.3. The molecule has 10 heteroatoms. The standard InChI is InChI=1S/C84H66N2O8/c1-48(36-67-57-26-10-8-24-55(57)44-73(77(67)87)83(93)85-46-75-59-28-12-4-20-51(59)42-52-21-5-13-29-60(52)75)38-69-63-32-16-18-34-65(63)71(81(91)79(69)89)40-50(3)41-72-66-35-19-17-33-64(66)70(80(90)82(72)92)39-49(2)37-68-58-27-11-9-25-56(58)45-74(78(68)88)84(94)86-47-76-61-30-14-6-22-53(61)43-54-23-7-15-31-62(54)76/h4-35,42-45,87-92H,1-3,36-41,46-47H2,(H,85,93)(H,86,94). The summed E-state index contributed by atoms with van der Waals surface area (Å²) < 4.78 is 0. The van der Waals surface area contributed by atoms with E-state index < -0.39 is 11.8 Å². The zero-order chi connectivity index (χ0) is 64.9. The number of hydrogen-bond donors (Lipinski definition) is 8. The van der Waals surface area contributed by atoms with E-state index in [-0.39, 0.29) is 97.2 Å². The zero-order valence-corrected chi connectivity index (χ0v) is 51.6. The first-order valence-corrected chi connectivity index (χ1v) is 31.4. The lowest BCUT2D eigenvalue weighted by atomic mass is 9.86. The summed E-state index contributed by atoms with van der Waals surface area (Å²) in [4.78, 5) is 28.5. The topological polar surface area (TPSA) is 180 Å². The zero-order valence-electron chi connectivity index (χ0n) is 51.6. The Morgan fingerprint density at radius 2 is 0.447 bits per heavy atom. The summed E-state index contributed by atoms with van der Waals surface area (Å²) in [7, 11) is 0. The van der Waals surface area contributed by atoms with Crippen LogP contribution in [0.1, 0.15) is 65.2 Å². The molecule has 14 aromatic carbocycles. The van der Waals surface area contributed by atoms with Gasteiger partial charge in [0.05, 0.1) is 11.1 Å². The number of amides is 2. The first-order chi connectivity index (χ1) is 45.7. The predicted octanol–water partition coefficient (Wildman–Crippen LogP) is 18.0. The van der Waals surface area contributed by atoms with Crippen molar-refractivity contribution >= 4 is 98.0 Å². The Morgan fingerprint density at radius 1 is 0.255 bits per heavy atom. The van der Waals surface area contributed by atoms with Crippen molar-refractivity contribution in [2.24, 2.45) is 0 Å². The van der Waals surface area contributed by atoms with E-state index in [2.05, 4.69) is 66.8 Å². The molecule has 0 radical (unpaired) electrons. The van der Waals surface area contributed by atoms with E-state index in [9.17, 15) is 40.2 Å². The highest BCUT2D eigenvalue weighted by atomic mass is 16.3. The molecule has 0 atom stereocenters. The molecule has 2 amide bonds. The Kier molecular flexibility index (Phi) is 15.7. The SMILES string of the molecule is C=C(Cc1c(O)c(C(=O)NCc2c3ccccc3cc3ccccc23)cc2ccccc12)Cc1c(O)c(O)c(CC(=C)Cc2c(O)c(O)c(CC(=C)Cc3c(O)c(C(=O)NCc4c5ccccc5cc5ccccc45)cc4ccccc34)c3ccccc23)c2ccccc12. The van der Waals surface area contributed by atoms with Crippen molar-refractivity contribution in [3.05, 3.63) is 310 Å². The molecular weight excluding hydrogens is 1160 g/mol. The molecule has 0 bridgehead atoms. The first kappa shape index (κ1) is 59.7. The summed E-state index contributed by atoms with van der Waals surface area (Å²) in [5.41, 5.74) is 6.69. The van der Waals surface area contributed by atoms with Gasteiger partial charge in [0, 0.05) is 46.5 Å². The fourth-order valence-electron chi connectivity index (χ4n) is 14.2. The number of carbonyl (C=O) groups is 2. The molecular formula is C84H66N2O8. The van der Waals surface area contributed by atoms with Crippen molar-refractivity contribution in [1.82, 2.24) is 10.6 Å². The Balaban J connectivity index is 0.693. The van der Waals surface area contributed by atoms with Crippen LogP contribution in [-0.4, -0.2) is 42.5 Å². The maximum absolute atomic E-state index is 14.3. The Morgan fingerprint density at radius 3 is 0.691 bits per heavy atom. The van der Waals surface area contributed by atoms with Gasteiger partial charge in [0.1, 0.15) is 11.5 Å². The molecule has 0 heterocycles. The number of benzene rings is 14. The molecule has 8 N–H and O–H groups in total. The van der Waals surface area contributed by atoms with Crippen LogP contribution in [0.3, 0.4) is 0 Å². The highest BCUT2D eigenvalue weighted by Crippen LogP contribution is 2.47. The monoisotopic (exact) mass is 1230 g/mol. The number of allylic oxidation sites excluding steroid dienone is 3. The van der Waals surface area contributed by atoms with Gasteiger partial charge in [0.25, 0.3) is 11.8 Å². The van der Waals surface area contributed by atoms with Crippen molar-refractivity contribution in [3.8, 4) is 34.5 Å². The molecule has 0 spiro atoms. The first-order valence-electron chi connectivity index (χ1n) is 31.4. The Labute approximate surface area is 542 Å². The molecule has 0 unspecified atom stereocenters. The number of phenols is 6. The van der Waals surface area contributed by atoms with Crippen molar-refractivity contribution in [3.63, 3.8) is 0 Å². The van der Waals surface area contributed by atoms with Crippen LogP contribution in [0.25, 0.3) is 86.2 Å². The predicted molar refractivity (Wildman–Crippen MR) is 381 cm³/mol. The quantitative estimate of drug-likeness (QED) is 0.0238. The summed E-state index contributed by atoms with van der Waals surface area (Å²) in [6.07, 6.45) is 0.704. The maximum Gasteiger partial charge on any atom is 0.255 e. The fraction of sp³-hybridized carbons (Fsp3) is 0.0952. The van der Waals surface area contributed by atoms with Crippen LogP contribution in [0.5, 0.6) is 34.5 Å². The van der Waals surface area contributed by atoms with Crippen molar-refractivity contribution in [2.75, 3.05) is 0 Å². The van der Waals surface area contributed by atoms with E-state index in [1.54, 1.807) is 12.1 Å². The van der Waals surface area contributed by atoms with E-state index in [4.69, 9.17) is 0 Å². The van der Waals surface area contributed by atoms with E-state index in [1.807, 2.05) is 170 Å². The van der Waals surface area contributed by atoms with Crippen molar-refractivity contribution < 1.29 is 40.2 Å². The Hall–Kier alpha value is -11.9. The summed E-state index contributed by atoms with van der Waals surface area (Å²) >= 11 is 0. The van der Waals surface area contributed by atoms with Gasteiger partial charge in [0.15, 0.2) is 23.0 Å². The molecule has 0 aliphatic heterocycles. The molecule has 14 aromatic rings. The van der Waals surface area contributed by atoms with Crippen LogP contribution in [-0.2, 0) is 51.6 Å². The summed E-state index contributed by atoms with van der Waals surface area (Å²) in [6.45, 7) is 13.8. The van der Waals surface area contributed by atoms with E-state index in [0.717, 1.165) is 75.8 Å². The van der Waals surface area contributed by atoms with Gasteiger partial charge in [-0.05, 0) is 160 Å². The molecule has 14 rings (SSSR count). The molecule has 0 aliphatic carbocycles. The van der Waals surface area contributed by atoms with Crippen LogP contribution < -0.4 is 10.6 Å². The second kappa shape index (κ2) is 24.7. The lowest BCUT2D eigenvalue weighted by Gasteiger charge is -2.20. The molecule has 94 heavy (non-hydrogen) atoms. The van der Waals surface area contributed by atoms with Gasteiger partial charge in [0.2, 0.25) is 0 Å². The largest absolute Gasteiger partial charge is 0.507 e. The van der Waals surface area contributed by atoms with Gasteiger partial charge < -0.3 is 41.3 Å². The van der Waals surface area contributed by atoms with E-state index in [1.165, 1.54) is 0 Å². The number of hydrogen-bond acceptors (Lipinski definition) is 8. The normalized spacial score (nSPS) is 11.6. The average Bonchev–Trinajstić information content (AvgIpc) is 0.824. The third-order valence-electron chi connectivity index (χ3n) is 18.7. The van der Waals surface area contributed by atoms with Crippen molar-refractivity contribution in [2.45, 2.75) is 51.6 Å². The molecule has 0 saturated carbocycles. The lowest BCUT2D eigenvalue weighted by Crippen LogP contribution is -2.23. The molecule has 460 valence electrons. The highest BCUT2D eigenvalue weighted by Gasteiger charge is 2.27. The number of fused-ring (bicyclic) bond motifs is 8. The molecule has 0 aromatic heterocycles. The smallest absolute Gasteiger partial charge is 0.255 e. The van der Waals surface area contributed by atoms with Gasteiger partial charge in [-0.15, -0.1) is 0 Å². The minimum absolute atomic E-state index is 0.0915. The van der Waals surface area contributed by atoms with Gasteiger partial charge >= 0.3 is 0 Å². The number of phenolic OH excluding ortho intramolecular Hbond substituents is 6. The minimum atomic E-state index is -0.435. The number of aromatic hydroxyl groups is 6. The van der Waals surface area contributed by atoms with Gasteiger partial charge in [-0.1, -0.05) is 231 Å². The molecule has 0 fully saturated rings. The summed E-state index contributed by atoms with van der Waals surface area (Å²) in [5.74, 6) is -2.54. The summed E-state index contributed by atoms with van der Waals surface area (Å²) in [5, 5.41) is 92.5. The van der Waals surface area contributed by atoms with Crippen LogP contribution in [0.15, 0.2) is 255 Å². The molecule has 10 nitrogen and oxygen atoms in total. The van der Waals surface area contributed by atoms with Crippen LogP contribution in [0, 0.1) is 0 Å². The Bertz CT molecular complexity index is 5080. The summed E-state index contributed by atoms with van der Waals surface area (Å²) in [6, 6.07) is 70.0. The van der Waals surface area contributed by atoms with Crippen LogP contribution >= 0.6 is 0 Å². The average molecular weight is 1230 g/mol. The van der Waals surface area contributed by atoms with E-state index >= 15 is 0 Å². The second-order valence-corrected chi connectivity index (χ2v) is 24.6. The molecule has 0 aliphatic rings. The lowest BCUT2D eigenvalue weighted by molar-refractivity contribution is 0.0940. The third kappa shape index (κ3) is 10.9. The van der Waals surface area contributed by atoms with Crippen molar-refractivity contribution in [1.29, 1.82) is 0 Å².